The molecule has 0 aliphatic heterocycles. The Morgan fingerprint density at radius 1 is 0.868 bits per heavy atom. The molecule has 0 saturated carbocycles. The second-order valence-electron chi connectivity index (χ2n) is 8.11. The molecule has 11 nitrogen and oxygen atoms in total. The number of anilines is 4. The summed E-state index contributed by atoms with van der Waals surface area (Å²) in [5.41, 5.74) is 7.75. The van der Waals surface area contributed by atoms with Crippen LogP contribution in [0.15, 0.2) is 67.3 Å². The van der Waals surface area contributed by atoms with Gasteiger partial charge in [0.05, 0.1) is 26.4 Å². The first-order valence-electron chi connectivity index (χ1n) is 12.6. The zero-order valence-electron chi connectivity index (χ0n) is 21.5. The summed E-state index contributed by atoms with van der Waals surface area (Å²) in [4.78, 5) is 26.0. The van der Waals surface area contributed by atoms with Crippen molar-refractivity contribution >= 4 is 29.4 Å². The number of carbonyl (C=O) groups excluding carboxylic acids is 1. The average Bonchev–Trinajstić information content (AvgIpc) is 2.94. The highest BCUT2D eigenvalue weighted by Gasteiger charge is 2.09. The van der Waals surface area contributed by atoms with E-state index in [0.29, 0.717) is 81.7 Å². The lowest BCUT2D eigenvalue weighted by molar-refractivity contribution is 0.0511. The summed E-state index contributed by atoms with van der Waals surface area (Å²) < 4.78 is 10.7. The number of aromatic nitrogens is 3. The van der Waals surface area contributed by atoms with Gasteiger partial charge in [0.15, 0.2) is 0 Å². The van der Waals surface area contributed by atoms with Crippen LogP contribution in [0.3, 0.4) is 0 Å². The molecule has 0 bridgehead atoms. The number of hydrogen-bond acceptors (Lipinski definition) is 10. The van der Waals surface area contributed by atoms with Crippen LogP contribution in [-0.2, 0) is 15.9 Å². The number of nitrogens with two attached hydrogens (primary N) is 1. The van der Waals surface area contributed by atoms with Crippen LogP contribution in [0, 0.1) is 0 Å². The summed E-state index contributed by atoms with van der Waals surface area (Å²) in [5.74, 6) is 0.986. The molecule has 0 fully saturated rings. The highest BCUT2D eigenvalue weighted by Crippen LogP contribution is 2.17. The van der Waals surface area contributed by atoms with Crippen molar-refractivity contribution in [2.75, 3.05) is 68.6 Å². The Kier molecular flexibility index (Phi) is 12.5. The summed E-state index contributed by atoms with van der Waals surface area (Å²) >= 11 is 0. The molecular formula is C27H36N8O3. The first-order chi connectivity index (χ1) is 18.7. The molecular weight excluding hydrogens is 484 g/mol. The number of nitrogens with one attached hydrogen (secondary N) is 4. The molecule has 0 unspecified atom stereocenters. The Morgan fingerprint density at radius 3 is 2.37 bits per heavy atom. The Morgan fingerprint density at radius 2 is 1.61 bits per heavy atom. The molecule has 0 aliphatic rings. The fraction of sp³-hybridized carbons (Fsp3) is 0.333. The van der Waals surface area contributed by atoms with Crippen LogP contribution in [0.25, 0.3) is 0 Å². The van der Waals surface area contributed by atoms with Crippen molar-refractivity contribution in [2.45, 2.75) is 6.42 Å². The van der Waals surface area contributed by atoms with Gasteiger partial charge in [0.2, 0.25) is 17.8 Å². The minimum atomic E-state index is -0.205. The summed E-state index contributed by atoms with van der Waals surface area (Å²) in [6.45, 7) is 7.59. The van der Waals surface area contributed by atoms with Gasteiger partial charge in [-0.2, -0.15) is 15.0 Å². The van der Waals surface area contributed by atoms with E-state index < -0.39 is 0 Å². The van der Waals surface area contributed by atoms with E-state index in [-0.39, 0.29) is 5.91 Å². The summed E-state index contributed by atoms with van der Waals surface area (Å²) in [5, 5.41) is 12.4. The molecule has 11 heteroatoms. The molecule has 0 saturated heterocycles. The molecule has 2 aromatic carbocycles. The second kappa shape index (κ2) is 16.6. The van der Waals surface area contributed by atoms with E-state index >= 15 is 0 Å². The predicted octanol–water partition coefficient (Wildman–Crippen LogP) is 2.59. The highest BCUT2D eigenvalue weighted by atomic mass is 16.5. The minimum absolute atomic E-state index is 0.205. The molecule has 3 rings (SSSR count). The largest absolute Gasteiger partial charge is 0.378 e. The molecule has 6 N–H and O–H groups in total. The van der Waals surface area contributed by atoms with Gasteiger partial charge in [-0.15, -0.1) is 6.58 Å². The number of amides is 1. The van der Waals surface area contributed by atoms with Gasteiger partial charge in [-0.25, -0.2) is 0 Å². The lowest BCUT2D eigenvalue weighted by atomic mass is 10.1. The van der Waals surface area contributed by atoms with Gasteiger partial charge in [-0.1, -0.05) is 42.5 Å². The number of carbonyl (C=O) groups is 1. The van der Waals surface area contributed by atoms with E-state index in [1.165, 1.54) is 5.56 Å². The SMILES string of the molecule is C=CCNc1nc(NCCc2ccccc2)nc(Nc2cccc(C(=O)NCCOCCOCCN)c2)n1. The van der Waals surface area contributed by atoms with Crippen molar-refractivity contribution in [1.29, 1.82) is 0 Å². The third-order valence-corrected chi connectivity index (χ3v) is 5.13. The number of rotatable bonds is 18. The van der Waals surface area contributed by atoms with Crippen LogP contribution in [0.5, 0.6) is 0 Å². The topological polar surface area (TPSA) is 148 Å². The van der Waals surface area contributed by atoms with E-state index in [4.69, 9.17) is 15.2 Å². The van der Waals surface area contributed by atoms with Crippen molar-refractivity contribution in [3.05, 3.63) is 78.4 Å². The first kappa shape index (κ1) is 28.5. The zero-order valence-corrected chi connectivity index (χ0v) is 21.5. The molecule has 0 spiro atoms. The van der Waals surface area contributed by atoms with Gasteiger partial charge in [0.1, 0.15) is 0 Å². The molecule has 1 amide bonds. The maximum absolute atomic E-state index is 12.6. The summed E-state index contributed by atoms with van der Waals surface area (Å²) in [6.07, 6.45) is 2.55. The predicted molar refractivity (Wildman–Crippen MR) is 150 cm³/mol. The van der Waals surface area contributed by atoms with Crippen molar-refractivity contribution < 1.29 is 14.3 Å². The normalized spacial score (nSPS) is 10.6. The number of nitrogens with zero attached hydrogens (tertiary/aromatic N) is 3. The Labute approximate surface area is 223 Å². The van der Waals surface area contributed by atoms with E-state index in [1.807, 2.05) is 24.3 Å². The fourth-order valence-corrected chi connectivity index (χ4v) is 3.33. The third-order valence-electron chi connectivity index (χ3n) is 5.13. The molecule has 0 radical (unpaired) electrons. The Hall–Kier alpha value is -4.06. The smallest absolute Gasteiger partial charge is 0.251 e. The molecule has 202 valence electrons. The second-order valence-corrected chi connectivity index (χ2v) is 8.11. The standard InChI is InChI=1S/C27H36N8O3/c1-2-13-30-25-33-26(31-14-11-21-7-4-3-5-8-21)35-27(34-25)32-23-10-6-9-22(20-23)24(36)29-15-17-38-19-18-37-16-12-28/h2-10,20H,1,11-19,28H2,(H,29,36)(H3,30,31,32,33,34,35). The molecule has 1 aromatic heterocycles. The molecule has 1 heterocycles. The Balaban J connectivity index is 1.56. The van der Waals surface area contributed by atoms with Crippen molar-refractivity contribution in [1.82, 2.24) is 20.3 Å². The lowest BCUT2D eigenvalue weighted by Crippen LogP contribution is -2.27. The minimum Gasteiger partial charge on any atom is -0.378 e. The van der Waals surface area contributed by atoms with Crippen LogP contribution in [0.1, 0.15) is 15.9 Å². The quantitative estimate of drug-likeness (QED) is 0.125. The Bertz CT molecular complexity index is 1130. The fourth-order valence-electron chi connectivity index (χ4n) is 3.33. The number of ether oxygens (including phenoxy) is 2. The molecule has 3 aromatic rings. The van der Waals surface area contributed by atoms with Gasteiger partial charge in [-0.3, -0.25) is 4.79 Å². The third kappa shape index (κ3) is 10.5. The summed E-state index contributed by atoms with van der Waals surface area (Å²) in [7, 11) is 0. The van der Waals surface area contributed by atoms with Crippen molar-refractivity contribution in [2.24, 2.45) is 5.73 Å². The van der Waals surface area contributed by atoms with Crippen LogP contribution >= 0.6 is 0 Å². The maximum Gasteiger partial charge on any atom is 0.251 e. The van der Waals surface area contributed by atoms with E-state index in [9.17, 15) is 4.79 Å². The van der Waals surface area contributed by atoms with E-state index in [1.54, 1.807) is 24.3 Å². The van der Waals surface area contributed by atoms with Crippen LogP contribution in [0.4, 0.5) is 23.5 Å². The number of benzene rings is 2. The molecule has 0 aliphatic carbocycles. The lowest BCUT2D eigenvalue weighted by Gasteiger charge is -2.12. The molecule has 38 heavy (non-hydrogen) atoms. The summed E-state index contributed by atoms with van der Waals surface area (Å²) in [6, 6.07) is 17.3. The highest BCUT2D eigenvalue weighted by molar-refractivity contribution is 5.95. The van der Waals surface area contributed by atoms with Gasteiger partial charge in [0, 0.05) is 37.4 Å². The van der Waals surface area contributed by atoms with E-state index in [2.05, 4.69) is 54.9 Å². The molecule has 0 atom stereocenters. The van der Waals surface area contributed by atoms with Gasteiger partial charge in [-0.05, 0) is 30.2 Å². The van der Waals surface area contributed by atoms with Gasteiger partial charge < -0.3 is 36.5 Å². The van der Waals surface area contributed by atoms with Gasteiger partial charge in [0.25, 0.3) is 5.91 Å². The zero-order chi connectivity index (χ0) is 26.8. The van der Waals surface area contributed by atoms with Gasteiger partial charge >= 0.3 is 0 Å². The first-order valence-corrected chi connectivity index (χ1v) is 12.6. The van der Waals surface area contributed by atoms with Crippen LogP contribution < -0.4 is 27.0 Å². The van der Waals surface area contributed by atoms with Crippen molar-refractivity contribution in [3.8, 4) is 0 Å². The van der Waals surface area contributed by atoms with Crippen molar-refractivity contribution in [3.63, 3.8) is 0 Å². The van der Waals surface area contributed by atoms with E-state index in [0.717, 1.165) is 6.42 Å². The maximum atomic E-state index is 12.6. The number of hydrogen-bond donors (Lipinski definition) is 5. The monoisotopic (exact) mass is 520 g/mol. The van der Waals surface area contributed by atoms with Crippen LogP contribution in [0.2, 0.25) is 0 Å². The average molecular weight is 521 g/mol. The van der Waals surface area contributed by atoms with Crippen LogP contribution in [-0.4, -0.2) is 73.5 Å².